The van der Waals surface area contributed by atoms with Crippen LogP contribution in [0.3, 0.4) is 0 Å². The lowest BCUT2D eigenvalue weighted by Gasteiger charge is -2.32. The van der Waals surface area contributed by atoms with Crippen molar-refractivity contribution in [1.29, 1.82) is 0 Å². The Morgan fingerprint density at radius 1 is 1.26 bits per heavy atom. The fourth-order valence-electron chi connectivity index (χ4n) is 4.26. The summed E-state index contributed by atoms with van der Waals surface area (Å²) in [5, 5.41) is 21.1. The molecule has 9 nitrogen and oxygen atoms in total. The molecule has 0 spiro atoms. The minimum atomic E-state index is -1.80. The molecule has 0 bridgehead atoms. The van der Waals surface area contributed by atoms with Gasteiger partial charge in [-0.15, -0.1) is 0 Å². The number of nitrogen functional groups attached to an aromatic ring is 1. The van der Waals surface area contributed by atoms with Gasteiger partial charge in [-0.3, -0.25) is 4.57 Å². The zero-order valence-electron chi connectivity index (χ0n) is 15.7. The van der Waals surface area contributed by atoms with Gasteiger partial charge in [-0.25, -0.2) is 15.0 Å². The number of aliphatic hydroxyl groups excluding tert-OH is 2. The molecule has 2 aliphatic heterocycles. The maximum absolute atomic E-state index is 10.6. The van der Waals surface area contributed by atoms with E-state index in [-0.39, 0.29) is 5.82 Å². The monoisotopic (exact) mass is 393 g/mol. The third-order valence-corrected chi connectivity index (χ3v) is 11.3. The predicted molar refractivity (Wildman–Crippen MR) is 101 cm³/mol. The number of nitrogens with two attached hydrogens (primary N) is 1. The van der Waals surface area contributed by atoms with Crippen molar-refractivity contribution in [3.05, 3.63) is 12.7 Å². The number of imidazole rings is 1. The minimum Gasteiger partial charge on any atom is -0.414 e. The molecule has 2 aromatic rings. The Balaban J connectivity index is 1.51. The SMILES string of the molecule is CC(C)[Si]1(OC[C@H]2OC(n3cnc4c(N)ncnc43)[C@@H](O)[C@@H]2O)CCCC1. The maximum Gasteiger partial charge on any atom is 0.195 e. The maximum atomic E-state index is 10.6. The molecule has 27 heavy (non-hydrogen) atoms. The first-order valence-electron chi connectivity index (χ1n) is 9.51. The van der Waals surface area contributed by atoms with Crippen LogP contribution in [0.15, 0.2) is 12.7 Å². The van der Waals surface area contributed by atoms with E-state index >= 15 is 0 Å². The fourth-order valence-corrected chi connectivity index (χ4v) is 8.48. The molecular formula is C17H27N5O4Si. The average Bonchev–Trinajstić information content (AvgIpc) is 3.34. The number of aliphatic hydroxyl groups is 2. The molecule has 2 saturated heterocycles. The smallest absolute Gasteiger partial charge is 0.195 e. The number of aromatic nitrogens is 4. The molecule has 4 heterocycles. The second kappa shape index (κ2) is 7.10. The third-order valence-electron chi connectivity index (χ3n) is 6.04. The molecule has 4 rings (SSSR count). The van der Waals surface area contributed by atoms with E-state index in [9.17, 15) is 10.2 Å². The zero-order chi connectivity index (χ0) is 19.2. The number of ether oxygens (including phenoxy) is 1. The Kier molecular flexibility index (Phi) is 4.93. The standard InChI is InChI=1S/C17H27N5O4Si/c1-10(2)27(5-3-4-6-27)25-7-11-13(23)14(24)17(26-11)22-9-21-12-15(18)19-8-20-16(12)22/h8-11,13-14,17,23-24H,3-7H2,1-2H3,(H2,18,19,20)/t11-,13-,14+,17?/m1/s1. The quantitative estimate of drug-likeness (QED) is 0.646. The van der Waals surface area contributed by atoms with Crippen LogP contribution >= 0.6 is 0 Å². The van der Waals surface area contributed by atoms with Gasteiger partial charge in [-0.1, -0.05) is 26.7 Å². The van der Waals surface area contributed by atoms with Crippen LogP contribution < -0.4 is 5.73 Å². The van der Waals surface area contributed by atoms with Gasteiger partial charge in [0.2, 0.25) is 0 Å². The van der Waals surface area contributed by atoms with Crippen molar-refractivity contribution in [1.82, 2.24) is 19.5 Å². The van der Waals surface area contributed by atoms with E-state index in [0.717, 1.165) is 12.1 Å². The van der Waals surface area contributed by atoms with E-state index in [0.29, 0.717) is 23.3 Å². The first-order chi connectivity index (χ1) is 12.9. The highest BCUT2D eigenvalue weighted by Crippen LogP contribution is 2.40. The van der Waals surface area contributed by atoms with Gasteiger partial charge in [-0.05, 0) is 17.6 Å². The normalized spacial score (nSPS) is 30.6. The van der Waals surface area contributed by atoms with Gasteiger partial charge >= 0.3 is 0 Å². The molecule has 148 valence electrons. The third kappa shape index (κ3) is 3.15. The number of hydrogen-bond acceptors (Lipinski definition) is 8. The lowest BCUT2D eigenvalue weighted by atomic mass is 10.1. The molecule has 0 aromatic carbocycles. The summed E-state index contributed by atoms with van der Waals surface area (Å²) in [4.78, 5) is 12.3. The van der Waals surface area contributed by atoms with Gasteiger partial charge in [0.1, 0.15) is 30.2 Å². The second-order valence-electron chi connectivity index (χ2n) is 7.87. The van der Waals surface area contributed by atoms with Crippen molar-refractivity contribution in [2.45, 2.75) is 68.9 Å². The van der Waals surface area contributed by atoms with Crippen LogP contribution in [0.2, 0.25) is 17.6 Å². The van der Waals surface area contributed by atoms with Gasteiger partial charge in [0.15, 0.2) is 26.0 Å². The molecule has 1 unspecified atom stereocenters. The van der Waals surface area contributed by atoms with Crippen molar-refractivity contribution < 1.29 is 19.4 Å². The van der Waals surface area contributed by atoms with E-state index in [1.54, 1.807) is 4.57 Å². The van der Waals surface area contributed by atoms with Crippen LogP contribution in [0.25, 0.3) is 11.2 Å². The summed E-state index contributed by atoms with van der Waals surface area (Å²) in [5.41, 5.74) is 7.25. The topological polar surface area (TPSA) is 129 Å². The molecule has 0 radical (unpaired) electrons. The molecule has 4 atom stereocenters. The van der Waals surface area contributed by atoms with E-state index < -0.39 is 32.9 Å². The van der Waals surface area contributed by atoms with Crippen LogP contribution in [0, 0.1) is 0 Å². The Morgan fingerprint density at radius 2 is 2.00 bits per heavy atom. The first kappa shape index (κ1) is 18.8. The second-order valence-corrected chi connectivity index (χ2v) is 12.4. The van der Waals surface area contributed by atoms with Gasteiger partial charge in [0.05, 0.1) is 12.9 Å². The molecule has 4 N–H and O–H groups in total. The summed E-state index contributed by atoms with van der Waals surface area (Å²) in [6.45, 7) is 4.74. The summed E-state index contributed by atoms with van der Waals surface area (Å²) in [6, 6.07) is 2.31. The zero-order valence-corrected chi connectivity index (χ0v) is 16.7. The van der Waals surface area contributed by atoms with Crippen LogP contribution in [0.4, 0.5) is 5.82 Å². The molecular weight excluding hydrogens is 366 g/mol. The summed E-state index contributed by atoms with van der Waals surface area (Å²) in [5.74, 6) is 0.262. The van der Waals surface area contributed by atoms with Crippen LogP contribution in [-0.4, -0.2) is 63.0 Å². The molecule has 10 heteroatoms. The van der Waals surface area contributed by atoms with Crippen LogP contribution in [-0.2, 0) is 9.16 Å². The summed E-state index contributed by atoms with van der Waals surface area (Å²) >= 11 is 0. The number of hydrogen-bond donors (Lipinski definition) is 3. The summed E-state index contributed by atoms with van der Waals surface area (Å²) < 4.78 is 14.0. The highest BCUT2D eigenvalue weighted by molar-refractivity contribution is 6.75. The van der Waals surface area contributed by atoms with E-state index in [4.69, 9.17) is 14.9 Å². The largest absolute Gasteiger partial charge is 0.414 e. The van der Waals surface area contributed by atoms with Gasteiger partial charge < -0.3 is 25.1 Å². The molecule has 0 saturated carbocycles. The number of nitrogens with zero attached hydrogens (tertiary/aromatic N) is 4. The Morgan fingerprint density at radius 3 is 2.70 bits per heavy atom. The highest BCUT2D eigenvalue weighted by atomic mass is 28.4. The Bertz CT molecular complexity index is 810. The van der Waals surface area contributed by atoms with Crippen molar-refractivity contribution >= 4 is 25.3 Å². The molecule has 0 aliphatic carbocycles. The van der Waals surface area contributed by atoms with Crippen molar-refractivity contribution in [2.75, 3.05) is 12.3 Å². The van der Waals surface area contributed by atoms with E-state index in [1.807, 2.05) is 0 Å². The lowest BCUT2D eigenvalue weighted by Crippen LogP contribution is -2.43. The van der Waals surface area contributed by atoms with Crippen LogP contribution in [0.1, 0.15) is 32.9 Å². The lowest BCUT2D eigenvalue weighted by molar-refractivity contribution is -0.0490. The summed E-state index contributed by atoms with van der Waals surface area (Å²) in [7, 11) is -1.80. The minimum absolute atomic E-state index is 0.262. The van der Waals surface area contributed by atoms with E-state index in [2.05, 4.69) is 28.8 Å². The van der Waals surface area contributed by atoms with E-state index in [1.165, 1.54) is 25.5 Å². The highest BCUT2D eigenvalue weighted by Gasteiger charge is 2.47. The molecule has 2 aliphatic rings. The van der Waals surface area contributed by atoms with Gasteiger partial charge in [-0.2, -0.15) is 0 Å². The molecule has 0 amide bonds. The Hall–Kier alpha value is -1.59. The molecule has 2 aromatic heterocycles. The number of anilines is 1. The fraction of sp³-hybridized carbons (Fsp3) is 0.706. The van der Waals surface area contributed by atoms with Crippen molar-refractivity contribution in [3.8, 4) is 0 Å². The predicted octanol–water partition coefficient (Wildman–Crippen LogP) is 1.19. The van der Waals surface area contributed by atoms with Crippen molar-refractivity contribution in [3.63, 3.8) is 0 Å². The van der Waals surface area contributed by atoms with Gasteiger partial charge in [0, 0.05) is 0 Å². The van der Waals surface area contributed by atoms with Crippen LogP contribution in [0.5, 0.6) is 0 Å². The number of rotatable bonds is 5. The summed E-state index contributed by atoms with van der Waals surface area (Å²) in [6.07, 6.45) is 1.74. The average molecular weight is 394 g/mol. The first-order valence-corrected chi connectivity index (χ1v) is 11.9. The molecule has 2 fully saturated rings. The van der Waals surface area contributed by atoms with Gasteiger partial charge in [0.25, 0.3) is 0 Å². The number of fused-ring (bicyclic) bond motifs is 1. The Labute approximate surface area is 158 Å². The van der Waals surface area contributed by atoms with Crippen molar-refractivity contribution in [2.24, 2.45) is 0 Å².